The Hall–Kier alpha value is -3.62. The summed E-state index contributed by atoms with van der Waals surface area (Å²) in [6.45, 7) is 6.57. The van der Waals surface area contributed by atoms with E-state index in [2.05, 4.69) is 31.4 Å². The number of primary amides is 1. The molecule has 1 saturated heterocycles. The maximum absolute atomic E-state index is 15.8. The molecule has 41 heavy (non-hydrogen) atoms. The average Bonchev–Trinajstić information content (AvgIpc) is 3.38. The molecule has 5 rings (SSSR count). The number of rotatable bonds is 5. The first-order valence-corrected chi connectivity index (χ1v) is 14.1. The van der Waals surface area contributed by atoms with Crippen LogP contribution in [0, 0.1) is 17.2 Å². The number of carbonyl (C=O) groups excluding carboxylic acids is 3. The van der Waals surface area contributed by atoms with Gasteiger partial charge in [0.1, 0.15) is 11.2 Å². The van der Waals surface area contributed by atoms with Crippen molar-refractivity contribution in [3.8, 4) is 0 Å². The molecule has 10 heteroatoms. The molecule has 3 atom stereocenters. The van der Waals surface area contributed by atoms with E-state index in [1.165, 1.54) is 6.07 Å². The third kappa shape index (κ3) is 5.15. The van der Waals surface area contributed by atoms with Crippen LogP contribution in [0.3, 0.4) is 0 Å². The number of nitrogens with zero attached hydrogens (tertiary/aromatic N) is 1. The van der Waals surface area contributed by atoms with Gasteiger partial charge >= 0.3 is 6.03 Å². The summed E-state index contributed by atoms with van der Waals surface area (Å²) in [7, 11) is 0. The molecule has 2 heterocycles. The van der Waals surface area contributed by atoms with Gasteiger partial charge in [-0.25, -0.2) is 9.18 Å². The van der Waals surface area contributed by atoms with Gasteiger partial charge < -0.3 is 21.3 Å². The Labute approximate surface area is 248 Å². The van der Waals surface area contributed by atoms with E-state index in [4.69, 9.17) is 28.9 Å². The highest BCUT2D eigenvalue weighted by Crippen LogP contribution is 2.60. The zero-order valence-electron chi connectivity index (χ0n) is 22.9. The molecule has 1 unspecified atom stereocenters. The molecule has 3 aromatic rings. The van der Waals surface area contributed by atoms with Crippen LogP contribution in [0.25, 0.3) is 0 Å². The number of halogens is 3. The molecule has 1 fully saturated rings. The molecule has 3 aromatic carbocycles. The lowest BCUT2D eigenvalue weighted by Crippen LogP contribution is -2.47. The number of anilines is 1. The van der Waals surface area contributed by atoms with Gasteiger partial charge in [0, 0.05) is 34.9 Å². The zero-order chi connectivity index (χ0) is 29.7. The van der Waals surface area contributed by atoms with E-state index in [1.54, 1.807) is 59.5 Å². The average molecular weight is 598 g/mol. The van der Waals surface area contributed by atoms with Crippen molar-refractivity contribution in [1.29, 1.82) is 0 Å². The number of nitrogens with two attached hydrogens (primary N) is 1. The van der Waals surface area contributed by atoms with Crippen LogP contribution in [0.15, 0.2) is 60.7 Å². The Kier molecular flexibility index (Phi) is 7.51. The molecule has 0 aromatic heterocycles. The van der Waals surface area contributed by atoms with Crippen molar-refractivity contribution >= 4 is 46.7 Å². The zero-order valence-corrected chi connectivity index (χ0v) is 24.4. The van der Waals surface area contributed by atoms with Gasteiger partial charge in [0.25, 0.3) is 0 Å². The van der Waals surface area contributed by atoms with Crippen molar-refractivity contribution in [2.75, 3.05) is 11.9 Å². The topological polar surface area (TPSA) is 105 Å². The van der Waals surface area contributed by atoms with Crippen molar-refractivity contribution in [3.05, 3.63) is 98.8 Å². The second-order valence-electron chi connectivity index (χ2n) is 11.9. The Morgan fingerprint density at radius 1 is 1.12 bits per heavy atom. The van der Waals surface area contributed by atoms with Crippen LogP contribution in [-0.2, 0) is 16.8 Å². The van der Waals surface area contributed by atoms with E-state index < -0.39 is 29.2 Å². The fraction of sp³-hybridized carbons (Fsp3) is 0.323. The van der Waals surface area contributed by atoms with Gasteiger partial charge in [0.2, 0.25) is 11.8 Å². The first kappa shape index (κ1) is 28.9. The first-order chi connectivity index (χ1) is 19.3. The van der Waals surface area contributed by atoms with Gasteiger partial charge in [-0.2, -0.15) is 0 Å². The largest absolute Gasteiger partial charge is 0.366 e. The quantitative estimate of drug-likeness (QED) is 0.315. The Morgan fingerprint density at radius 2 is 1.83 bits per heavy atom. The van der Waals surface area contributed by atoms with Gasteiger partial charge in [0.05, 0.1) is 11.1 Å². The van der Waals surface area contributed by atoms with E-state index in [-0.39, 0.29) is 40.9 Å². The second kappa shape index (κ2) is 10.7. The van der Waals surface area contributed by atoms with Gasteiger partial charge in [-0.05, 0) is 59.2 Å². The molecule has 214 valence electrons. The summed E-state index contributed by atoms with van der Waals surface area (Å²) in [5.74, 6) is -1.89. The van der Waals surface area contributed by atoms with Crippen molar-refractivity contribution in [2.24, 2.45) is 17.1 Å². The minimum Gasteiger partial charge on any atom is -0.366 e. The van der Waals surface area contributed by atoms with Gasteiger partial charge in [-0.3, -0.25) is 9.59 Å². The van der Waals surface area contributed by atoms with E-state index in [0.717, 1.165) is 5.56 Å². The molecule has 7 nitrogen and oxygen atoms in total. The van der Waals surface area contributed by atoms with E-state index in [1.807, 2.05) is 0 Å². The monoisotopic (exact) mass is 596 g/mol. The summed E-state index contributed by atoms with van der Waals surface area (Å²) < 4.78 is 15.8. The first-order valence-electron chi connectivity index (χ1n) is 13.3. The number of hydrogen-bond donors (Lipinski definition) is 3. The molecule has 0 aliphatic carbocycles. The summed E-state index contributed by atoms with van der Waals surface area (Å²) in [4.78, 5) is 41.1. The predicted molar refractivity (Wildman–Crippen MR) is 157 cm³/mol. The molecule has 1 spiro atoms. The smallest absolute Gasteiger partial charge is 0.318 e. The molecular weight excluding hydrogens is 566 g/mol. The molecule has 2 aliphatic rings. The standard InChI is InChI=1S/C31H31Cl2FN4O3/c1-30(2,3)14-19-16-38(29(41)36-15-17-7-9-18(10-8-17)27(35)39)26(21-5-4-6-23(33)25(21)34)31(19)22-12-11-20(32)13-24(22)37-28(31)40/h4-13,19,26H,14-16H2,1-3H3,(H2,35,39)(H,36,41)(H,37,40)/t19-,26-,31?/m1/s1. The highest BCUT2D eigenvalue weighted by molar-refractivity contribution is 6.31. The van der Waals surface area contributed by atoms with Gasteiger partial charge in [-0.1, -0.05) is 74.3 Å². The van der Waals surface area contributed by atoms with Crippen molar-refractivity contribution in [2.45, 2.75) is 45.2 Å². The minimum absolute atomic E-state index is 0.0958. The Morgan fingerprint density at radius 3 is 2.49 bits per heavy atom. The fourth-order valence-electron chi connectivity index (χ4n) is 6.34. The van der Waals surface area contributed by atoms with Crippen LogP contribution < -0.4 is 16.4 Å². The lowest BCUT2D eigenvalue weighted by atomic mass is 9.63. The lowest BCUT2D eigenvalue weighted by Gasteiger charge is -2.38. The van der Waals surface area contributed by atoms with Crippen LogP contribution in [0.1, 0.15) is 60.3 Å². The molecule has 2 aliphatic heterocycles. The number of amides is 4. The highest BCUT2D eigenvalue weighted by Gasteiger charge is 2.65. The summed E-state index contributed by atoms with van der Waals surface area (Å²) in [5, 5.41) is 6.26. The predicted octanol–water partition coefficient (Wildman–Crippen LogP) is 6.44. The molecule has 0 radical (unpaired) electrons. The number of carbonyl (C=O) groups is 3. The number of fused-ring (bicyclic) bond motifs is 2. The lowest BCUT2D eigenvalue weighted by molar-refractivity contribution is -0.123. The SMILES string of the molecule is CC(C)(C)C[C@@H]1CN(C(=O)NCc2ccc(C(N)=O)cc2)[C@H](c2cccc(Cl)c2F)C12C(=O)Nc1cc(Cl)ccc12. The van der Waals surface area contributed by atoms with Crippen molar-refractivity contribution in [1.82, 2.24) is 10.2 Å². The number of hydrogen-bond acceptors (Lipinski definition) is 3. The van der Waals surface area contributed by atoms with Crippen molar-refractivity contribution < 1.29 is 18.8 Å². The second-order valence-corrected chi connectivity index (χ2v) is 12.7. The summed E-state index contributed by atoms with van der Waals surface area (Å²) in [5.41, 5.74) is 6.31. The van der Waals surface area contributed by atoms with Crippen LogP contribution >= 0.6 is 23.2 Å². The van der Waals surface area contributed by atoms with Crippen molar-refractivity contribution in [3.63, 3.8) is 0 Å². The van der Waals surface area contributed by atoms with Crippen LogP contribution in [-0.4, -0.2) is 29.3 Å². The van der Waals surface area contributed by atoms with Gasteiger partial charge in [-0.15, -0.1) is 0 Å². The third-order valence-electron chi connectivity index (χ3n) is 7.93. The summed E-state index contributed by atoms with van der Waals surface area (Å²) in [6, 6.07) is 15.0. The number of urea groups is 1. The summed E-state index contributed by atoms with van der Waals surface area (Å²) in [6.07, 6.45) is 0.583. The van der Waals surface area contributed by atoms with Crippen LogP contribution in [0.5, 0.6) is 0 Å². The van der Waals surface area contributed by atoms with E-state index in [9.17, 15) is 14.4 Å². The molecule has 0 saturated carbocycles. The molecule has 4 amide bonds. The maximum Gasteiger partial charge on any atom is 0.318 e. The number of likely N-dealkylation sites (tertiary alicyclic amines) is 1. The highest BCUT2D eigenvalue weighted by atomic mass is 35.5. The summed E-state index contributed by atoms with van der Waals surface area (Å²) >= 11 is 12.5. The number of nitrogens with one attached hydrogen (secondary N) is 2. The number of benzene rings is 3. The Bertz CT molecular complexity index is 1540. The molecule has 0 bridgehead atoms. The third-order valence-corrected chi connectivity index (χ3v) is 8.46. The Balaban J connectivity index is 1.62. The van der Waals surface area contributed by atoms with E-state index in [0.29, 0.717) is 28.3 Å². The van der Waals surface area contributed by atoms with Crippen LogP contribution in [0.2, 0.25) is 10.0 Å². The fourth-order valence-corrected chi connectivity index (χ4v) is 6.69. The normalized spacial score (nSPS) is 21.6. The van der Waals surface area contributed by atoms with Crippen LogP contribution in [0.4, 0.5) is 14.9 Å². The maximum atomic E-state index is 15.8. The molecular formula is C31H31Cl2FN4O3. The van der Waals surface area contributed by atoms with E-state index >= 15 is 4.39 Å². The molecule has 4 N–H and O–H groups in total. The van der Waals surface area contributed by atoms with Gasteiger partial charge in [0.15, 0.2) is 0 Å². The minimum atomic E-state index is -1.29.